The van der Waals surface area contributed by atoms with E-state index in [1.165, 1.54) is 24.5 Å². The minimum Gasteiger partial charge on any atom is -0.362 e. The summed E-state index contributed by atoms with van der Waals surface area (Å²) in [6.07, 6.45) is 7.77. The molecule has 2 aliphatic carbocycles. The summed E-state index contributed by atoms with van der Waals surface area (Å²) in [6.45, 7) is 0. The Morgan fingerprint density at radius 1 is 1.03 bits per heavy atom. The van der Waals surface area contributed by atoms with Crippen LogP contribution in [0.4, 0.5) is 16.2 Å². The van der Waals surface area contributed by atoms with Crippen molar-refractivity contribution in [2.45, 2.75) is 63.5 Å². The second-order valence-corrected chi connectivity index (χ2v) is 9.62. The number of nitrogens with zero attached hydrogens (tertiary/aromatic N) is 3. The first-order valence-electron chi connectivity index (χ1n) is 11.1. The van der Waals surface area contributed by atoms with E-state index in [2.05, 4.69) is 15.5 Å². The number of aromatic nitrogens is 2. The van der Waals surface area contributed by atoms with Crippen molar-refractivity contribution in [1.82, 2.24) is 15.3 Å². The fraction of sp³-hybridized carbons (Fsp3) is 0.522. The minimum absolute atomic E-state index is 0.0112. The first-order valence-corrected chi connectivity index (χ1v) is 11.9. The number of carbonyl (C=O) groups excluding carboxylic acids is 1. The summed E-state index contributed by atoms with van der Waals surface area (Å²) in [7, 11) is 4.04. The summed E-state index contributed by atoms with van der Waals surface area (Å²) in [5.74, 6) is 0.655. The Kier molecular flexibility index (Phi) is 7.05. The van der Waals surface area contributed by atoms with Crippen LogP contribution in [0.15, 0.2) is 12.1 Å². The maximum absolute atomic E-state index is 13.7. The molecule has 0 saturated heterocycles. The molecule has 0 bridgehead atoms. The zero-order valence-electron chi connectivity index (χ0n) is 18.4. The standard InChI is InChI=1S/C23H28Cl2FN5O/c1-31(2)21-15-5-3-4-6-20(15)29-23(30-21)28-14-9-7-13(8-10-14)27-22(32)16-11-19(26)18(25)12-17(16)24/h11-14H,3-10H2,1-2H3,(H,27,32)(H,28,29,30). The lowest BCUT2D eigenvalue weighted by Gasteiger charge is -2.30. The molecule has 2 N–H and O–H groups in total. The van der Waals surface area contributed by atoms with E-state index in [0.717, 1.165) is 56.1 Å². The van der Waals surface area contributed by atoms with Crippen LogP contribution in [-0.4, -0.2) is 42.1 Å². The molecule has 0 radical (unpaired) electrons. The topological polar surface area (TPSA) is 70.2 Å². The summed E-state index contributed by atoms with van der Waals surface area (Å²) in [5, 5.41) is 6.53. The third-order valence-corrected chi connectivity index (χ3v) is 6.84. The fourth-order valence-electron chi connectivity index (χ4n) is 4.53. The molecule has 1 heterocycles. The average Bonchev–Trinajstić information content (AvgIpc) is 2.77. The number of anilines is 2. The normalized spacial score (nSPS) is 20.4. The Bertz CT molecular complexity index is 1010. The number of hydrogen-bond acceptors (Lipinski definition) is 5. The number of benzene rings is 1. The van der Waals surface area contributed by atoms with Crippen LogP contribution in [-0.2, 0) is 12.8 Å². The first-order chi connectivity index (χ1) is 15.3. The molecule has 1 amide bonds. The maximum Gasteiger partial charge on any atom is 0.253 e. The van der Waals surface area contributed by atoms with Crippen LogP contribution in [0, 0.1) is 5.82 Å². The lowest BCUT2D eigenvalue weighted by Crippen LogP contribution is -2.40. The highest BCUT2D eigenvalue weighted by Gasteiger charge is 2.26. The summed E-state index contributed by atoms with van der Waals surface area (Å²) >= 11 is 11.8. The lowest BCUT2D eigenvalue weighted by molar-refractivity contribution is 0.0926. The van der Waals surface area contributed by atoms with Crippen LogP contribution < -0.4 is 15.5 Å². The average molecular weight is 480 g/mol. The van der Waals surface area contributed by atoms with Gasteiger partial charge in [0.05, 0.1) is 21.3 Å². The highest BCUT2D eigenvalue weighted by atomic mass is 35.5. The van der Waals surface area contributed by atoms with Gasteiger partial charge in [0.2, 0.25) is 5.95 Å². The van der Waals surface area contributed by atoms with E-state index in [4.69, 9.17) is 33.2 Å². The van der Waals surface area contributed by atoms with E-state index in [-0.39, 0.29) is 33.6 Å². The number of carbonyl (C=O) groups is 1. The number of amides is 1. The van der Waals surface area contributed by atoms with Crippen molar-refractivity contribution in [2.24, 2.45) is 0 Å². The van der Waals surface area contributed by atoms with Crippen LogP contribution in [0.1, 0.15) is 60.1 Å². The smallest absolute Gasteiger partial charge is 0.253 e. The van der Waals surface area contributed by atoms with Gasteiger partial charge in [0.15, 0.2) is 0 Å². The van der Waals surface area contributed by atoms with Gasteiger partial charge in [0.25, 0.3) is 5.91 Å². The quantitative estimate of drug-likeness (QED) is 0.589. The molecule has 6 nitrogen and oxygen atoms in total. The Hall–Kier alpha value is -2.12. The van der Waals surface area contributed by atoms with Crippen molar-refractivity contribution in [3.05, 3.63) is 44.8 Å². The summed E-state index contributed by atoms with van der Waals surface area (Å²) in [5.41, 5.74) is 2.54. The Balaban J connectivity index is 1.36. The van der Waals surface area contributed by atoms with Gasteiger partial charge in [0, 0.05) is 31.7 Å². The first kappa shape index (κ1) is 23.1. The van der Waals surface area contributed by atoms with Gasteiger partial charge in [-0.3, -0.25) is 4.79 Å². The van der Waals surface area contributed by atoms with E-state index >= 15 is 0 Å². The molecule has 1 saturated carbocycles. The molecule has 4 rings (SSSR count). The summed E-state index contributed by atoms with van der Waals surface area (Å²) < 4.78 is 13.7. The van der Waals surface area contributed by atoms with Crippen LogP contribution >= 0.6 is 23.2 Å². The fourth-order valence-corrected chi connectivity index (χ4v) is 5.00. The van der Waals surface area contributed by atoms with E-state index in [1.54, 1.807) is 0 Å². The number of nitrogens with one attached hydrogen (secondary N) is 2. The highest BCUT2D eigenvalue weighted by Crippen LogP contribution is 2.30. The molecule has 2 aromatic rings. The lowest BCUT2D eigenvalue weighted by atomic mass is 9.91. The Morgan fingerprint density at radius 2 is 1.72 bits per heavy atom. The van der Waals surface area contributed by atoms with Gasteiger partial charge in [0.1, 0.15) is 11.6 Å². The molecular weight excluding hydrogens is 452 g/mol. The third kappa shape index (κ3) is 5.09. The molecular formula is C23H28Cl2FN5O. The van der Waals surface area contributed by atoms with Crippen molar-refractivity contribution in [1.29, 1.82) is 0 Å². The number of halogens is 3. The molecule has 2 aliphatic rings. The molecule has 1 fully saturated rings. The second-order valence-electron chi connectivity index (χ2n) is 8.81. The molecule has 0 spiro atoms. The van der Waals surface area contributed by atoms with Crippen LogP contribution in [0.2, 0.25) is 10.0 Å². The van der Waals surface area contributed by atoms with Crippen LogP contribution in [0.3, 0.4) is 0 Å². The van der Waals surface area contributed by atoms with Crippen molar-refractivity contribution in [3.63, 3.8) is 0 Å². The number of fused-ring (bicyclic) bond motifs is 1. The molecule has 0 unspecified atom stereocenters. The van der Waals surface area contributed by atoms with E-state index in [0.29, 0.717) is 5.95 Å². The monoisotopic (exact) mass is 479 g/mol. The number of aryl methyl sites for hydroxylation is 1. The van der Waals surface area contributed by atoms with Gasteiger partial charge in [-0.05, 0) is 63.5 Å². The molecule has 1 aromatic carbocycles. The van der Waals surface area contributed by atoms with Gasteiger partial charge in [-0.2, -0.15) is 4.98 Å². The van der Waals surface area contributed by atoms with Gasteiger partial charge in [-0.25, -0.2) is 9.37 Å². The zero-order valence-corrected chi connectivity index (χ0v) is 19.9. The maximum atomic E-state index is 13.7. The van der Waals surface area contributed by atoms with E-state index in [9.17, 15) is 9.18 Å². The predicted octanol–water partition coefficient (Wildman–Crippen LogP) is 5.02. The Morgan fingerprint density at radius 3 is 2.44 bits per heavy atom. The van der Waals surface area contributed by atoms with Gasteiger partial charge in [-0.15, -0.1) is 0 Å². The van der Waals surface area contributed by atoms with Crippen molar-refractivity contribution in [3.8, 4) is 0 Å². The van der Waals surface area contributed by atoms with E-state index < -0.39 is 5.82 Å². The van der Waals surface area contributed by atoms with Crippen LogP contribution in [0.25, 0.3) is 0 Å². The predicted molar refractivity (Wildman–Crippen MR) is 127 cm³/mol. The molecule has 0 atom stereocenters. The molecule has 9 heteroatoms. The minimum atomic E-state index is -0.656. The zero-order chi connectivity index (χ0) is 22.8. The van der Waals surface area contributed by atoms with Crippen molar-refractivity contribution >= 4 is 40.9 Å². The molecule has 172 valence electrons. The summed E-state index contributed by atoms with van der Waals surface area (Å²) in [6, 6.07) is 2.60. The summed E-state index contributed by atoms with van der Waals surface area (Å²) in [4.78, 5) is 24.2. The van der Waals surface area contributed by atoms with Gasteiger partial charge >= 0.3 is 0 Å². The molecule has 32 heavy (non-hydrogen) atoms. The van der Waals surface area contributed by atoms with E-state index in [1.807, 2.05) is 14.1 Å². The highest BCUT2D eigenvalue weighted by molar-refractivity contribution is 6.36. The largest absolute Gasteiger partial charge is 0.362 e. The second kappa shape index (κ2) is 9.79. The Labute approximate surface area is 197 Å². The number of rotatable bonds is 5. The SMILES string of the molecule is CN(C)c1nc(NC2CCC(NC(=O)c3cc(F)c(Cl)cc3Cl)CC2)nc2c1CCCC2. The molecule has 1 aromatic heterocycles. The van der Waals surface area contributed by atoms with Crippen molar-refractivity contribution < 1.29 is 9.18 Å². The van der Waals surface area contributed by atoms with Crippen molar-refractivity contribution in [2.75, 3.05) is 24.3 Å². The number of hydrogen-bond donors (Lipinski definition) is 2. The van der Waals surface area contributed by atoms with Gasteiger partial charge in [-0.1, -0.05) is 23.2 Å². The molecule has 0 aliphatic heterocycles. The van der Waals surface area contributed by atoms with Crippen LogP contribution in [0.5, 0.6) is 0 Å². The third-order valence-electron chi connectivity index (χ3n) is 6.24. The van der Waals surface area contributed by atoms with Gasteiger partial charge < -0.3 is 15.5 Å².